The lowest BCUT2D eigenvalue weighted by Gasteiger charge is -2.41. The molecule has 1 saturated heterocycles. The van der Waals surface area contributed by atoms with Crippen LogP contribution in [0.1, 0.15) is 37.4 Å². The van der Waals surface area contributed by atoms with Crippen LogP contribution in [0.15, 0.2) is 24.3 Å². The van der Waals surface area contributed by atoms with E-state index in [1.54, 1.807) is 0 Å². The Morgan fingerprint density at radius 1 is 1.13 bits per heavy atom. The van der Waals surface area contributed by atoms with Gasteiger partial charge in [-0.1, -0.05) is 30.2 Å². The number of aliphatic hydroxyl groups is 1. The van der Waals surface area contributed by atoms with Crippen LogP contribution in [0.25, 0.3) is 0 Å². The molecule has 1 heterocycles. The highest BCUT2D eigenvalue weighted by atomic mass is 35.5. The summed E-state index contributed by atoms with van der Waals surface area (Å²) in [6, 6.07) is 8.45. The Kier molecular flexibility index (Phi) is 4.64. The molecule has 1 N–H and O–H groups in total. The van der Waals surface area contributed by atoms with E-state index in [0.29, 0.717) is 11.6 Å². The molecule has 1 aromatic rings. The minimum absolute atomic E-state index is 0.442. The first-order valence-corrected chi connectivity index (χ1v) is 9.47. The zero-order chi connectivity index (χ0) is 15.8. The summed E-state index contributed by atoms with van der Waals surface area (Å²) in [4.78, 5) is 5.13. The fraction of sp³-hybridized carbons (Fsp3) is 0.684. The Morgan fingerprint density at radius 3 is 2.61 bits per heavy atom. The van der Waals surface area contributed by atoms with Gasteiger partial charge >= 0.3 is 0 Å². The van der Waals surface area contributed by atoms with E-state index < -0.39 is 6.10 Å². The average Bonchev–Trinajstić information content (AvgIpc) is 3.19. The lowest BCUT2D eigenvalue weighted by Crippen LogP contribution is -2.52. The summed E-state index contributed by atoms with van der Waals surface area (Å²) in [5.74, 6) is 2.00. The van der Waals surface area contributed by atoms with Crippen LogP contribution in [0.3, 0.4) is 0 Å². The third kappa shape index (κ3) is 3.43. The predicted molar refractivity (Wildman–Crippen MR) is 93.7 cm³/mol. The summed E-state index contributed by atoms with van der Waals surface area (Å²) in [5, 5.41) is 11.1. The maximum atomic E-state index is 10.4. The maximum absolute atomic E-state index is 10.4. The number of β-amino-alcohol motifs (C(OH)–C–C–N with tert-alkyl or cyclic N) is 1. The van der Waals surface area contributed by atoms with Gasteiger partial charge in [-0.05, 0) is 48.8 Å². The van der Waals surface area contributed by atoms with E-state index in [0.717, 1.165) is 49.6 Å². The summed E-state index contributed by atoms with van der Waals surface area (Å²) < 4.78 is 0. The molecule has 0 amide bonds. The maximum Gasteiger partial charge on any atom is 0.0917 e. The summed E-state index contributed by atoms with van der Waals surface area (Å²) in [6.07, 6.45) is 5.42. The van der Waals surface area contributed by atoms with Crippen LogP contribution in [0.4, 0.5) is 0 Å². The second-order valence-corrected chi connectivity index (χ2v) is 8.09. The topological polar surface area (TPSA) is 26.7 Å². The minimum atomic E-state index is -0.442. The van der Waals surface area contributed by atoms with Crippen LogP contribution in [-0.4, -0.2) is 53.7 Å². The summed E-state index contributed by atoms with van der Waals surface area (Å²) in [5.41, 5.74) is 0.924. The molecule has 1 aromatic carbocycles. The average molecular weight is 335 g/mol. The molecular weight excluding hydrogens is 308 g/mol. The molecule has 0 radical (unpaired) electrons. The highest BCUT2D eigenvalue weighted by Gasteiger charge is 2.42. The number of aliphatic hydroxyl groups excluding tert-OH is 1. The van der Waals surface area contributed by atoms with E-state index >= 15 is 0 Å². The highest BCUT2D eigenvalue weighted by molar-refractivity contribution is 6.30. The number of hydrogen-bond donors (Lipinski definition) is 1. The first kappa shape index (κ1) is 15.9. The Bertz CT molecular complexity index is 544. The molecule has 4 heteroatoms. The molecule has 126 valence electrons. The van der Waals surface area contributed by atoms with Gasteiger partial charge in [-0.25, -0.2) is 0 Å². The van der Waals surface area contributed by atoms with Crippen molar-refractivity contribution in [2.45, 2.75) is 37.8 Å². The molecule has 2 saturated carbocycles. The van der Waals surface area contributed by atoms with Gasteiger partial charge < -0.3 is 5.11 Å². The van der Waals surface area contributed by atoms with E-state index in [4.69, 9.17) is 11.6 Å². The number of nitrogens with zero attached hydrogens (tertiary/aromatic N) is 2. The van der Waals surface area contributed by atoms with Gasteiger partial charge in [0.05, 0.1) is 6.10 Å². The molecule has 4 unspecified atom stereocenters. The molecule has 2 bridgehead atoms. The van der Waals surface area contributed by atoms with Crippen LogP contribution in [0.5, 0.6) is 0 Å². The quantitative estimate of drug-likeness (QED) is 0.916. The zero-order valence-corrected chi connectivity index (χ0v) is 14.5. The molecule has 3 nitrogen and oxygen atoms in total. The Labute approximate surface area is 144 Å². The monoisotopic (exact) mass is 334 g/mol. The number of hydrogen-bond acceptors (Lipinski definition) is 3. The first-order valence-electron chi connectivity index (χ1n) is 9.09. The van der Waals surface area contributed by atoms with Gasteiger partial charge in [-0.3, -0.25) is 9.80 Å². The van der Waals surface area contributed by atoms with Crippen LogP contribution in [0, 0.1) is 11.8 Å². The van der Waals surface area contributed by atoms with Crippen molar-refractivity contribution in [2.24, 2.45) is 11.8 Å². The highest BCUT2D eigenvalue weighted by Crippen LogP contribution is 2.46. The predicted octanol–water partition coefficient (Wildman–Crippen LogP) is 3.18. The third-order valence-corrected chi connectivity index (χ3v) is 6.48. The van der Waals surface area contributed by atoms with Gasteiger partial charge in [0.15, 0.2) is 0 Å². The van der Waals surface area contributed by atoms with Crippen LogP contribution in [-0.2, 0) is 0 Å². The molecule has 4 rings (SSSR count). The number of fused-ring (bicyclic) bond motifs is 2. The van der Waals surface area contributed by atoms with E-state index in [1.807, 2.05) is 24.3 Å². The molecule has 4 atom stereocenters. The summed E-state index contributed by atoms with van der Waals surface area (Å²) in [6.45, 7) is 5.19. The largest absolute Gasteiger partial charge is 0.387 e. The van der Waals surface area contributed by atoms with Crippen molar-refractivity contribution in [3.05, 3.63) is 34.9 Å². The van der Waals surface area contributed by atoms with E-state index in [1.165, 1.54) is 25.7 Å². The molecule has 2 aliphatic carbocycles. The van der Waals surface area contributed by atoms with Crippen molar-refractivity contribution in [2.75, 3.05) is 32.7 Å². The van der Waals surface area contributed by atoms with E-state index in [2.05, 4.69) is 9.80 Å². The van der Waals surface area contributed by atoms with Crippen molar-refractivity contribution in [1.29, 1.82) is 0 Å². The first-order chi connectivity index (χ1) is 11.2. The summed E-state index contributed by atoms with van der Waals surface area (Å²) in [7, 11) is 0. The van der Waals surface area contributed by atoms with Gasteiger partial charge in [-0.2, -0.15) is 0 Å². The number of benzene rings is 1. The van der Waals surface area contributed by atoms with Crippen LogP contribution < -0.4 is 0 Å². The second kappa shape index (κ2) is 6.72. The van der Waals surface area contributed by atoms with Gasteiger partial charge in [0.1, 0.15) is 0 Å². The molecule has 3 aliphatic rings. The van der Waals surface area contributed by atoms with Gasteiger partial charge in [-0.15, -0.1) is 0 Å². The van der Waals surface area contributed by atoms with E-state index in [-0.39, 0.29) is 0 Å². The van der Waals surface area contributed by atoms with Crippen molar-refractivity contribution >= 4 is 11.6 Å². The zero-order valence-electron chi connectivity index (χ0n) is 13.7. The number of rotatable bonds is 4. The fourth-order valence-corrected chi connectivity index (χ4v) is 5.20. The fourth-order valence-electron chi connectivity index (χ4n) is 5.00. The van der Waals surface area contributed by atoms with Crippen molar-refractivity contribution in [3.8, 4) is 0 Å². The molecule has 0 aromatic heterocycles. The third-order valence-electron chi connectivity index (χ3n) is 6.24. The second-order valence-electron chi connectivity index (χ2n) is 7.65. The Balaban J connectivity index is 1.28. The van der Waals surface area contributed by atoms with Gasteiger partial charge in [0.25, 0.3) is 0 Å². The van der Waals surface area contributed by atoms with Crippen molar-refractivity contribution < 1.29 is 5.11 Å². The van der Waals surface area contributed by atoms with Crippen LogP contribution >= 0.6 is 11.6 Å². The lowest BCUT2D eigenvalue weighted by atomic mass is 9.93. The Hall–Kier alpha value is -0.610. The van der Waals surface area contributed by atoms with Gasteiger partial charge in [0, 0.05) is 43.8 Å². The lowest BCUT2D eigenvalue weighted by molar-refractivity contribution is 0.0429. The van der Waals surface area contributed by atoms with Crippen molar-refractivity contribution in [3.63, 3.8) is 0 Å². The molecule has 1 aliphatic heterocycles. The number of piperazine rings is 1. The molecule has 3 fully saturated rings. The number of halogens is 1. The molecule has 23 heavy (non-hydrogen) atoms. The smallest absolute Gasteiger partial charge is 0.0917 e. The normalized spacial score (nSPS) is 33.2. The van der Waals surface area contributed by atoms with E-state index in [9.17, 15) is 5.11 Å². The standard InChI is InChI=1S/C19H27ClN2O/c20-17-3-1-2-16(12-17)19(23)13-21-6-8-22(9-7-21)18-11-14-4-5-15(18)10-14/h1-3,12,14-15,18-19,23H,4-11,13H2. The molecule has 0 spiro atoms. The van der Waals surface area contributed by atoms with Gasteiger partial charge in [0.2, 0.25) is 0 Å². The Morgan fingerprint density at radius 2 is 1.96 bits per heavy atom. The minimum Gasteiger partial charge on any atom is -0.387 e. The SMILES string of the molecule is OC(CN1CCN(C2CC3CCC2C3)CC1)c1cccc(Cl)c1. The van der Waals surface area contributed by atoms with Crippen LogP contribution in [0.2, 0.25) is 5.02 Å². The molecular formula is C19H27ClN2O. The summed E-state index contributed by atoms with van der Waals surface area (Å²) >= 11 is 6.02. The van der Waals surface area contributed by atoms with Crippen molar-refractivity contribution in [1.82, 2.24) is 9.80 Å².